The molecule has 1 saturated heterocycles. The van der Waals surface area contributed by atoms with Crippen LogP contribution >= 0.6 is 0 Å². The van der Waals surface area contributed by atoms with Crippen LogP contribution in [0.1, 0.15) is 0 Å². The molecule has 1 atom stereocenters. The van der Waals surface area contributed by atoms with E-state index in [1.54, 1.807) is 19.0 Å². The first-order chi connectivity index (χ1) is 6.52. The van der Waals surface area contributed by atoms with Crippen LogP contribution in [0.4, 0.5) is 4.79 Å². The normalized spacial score (nSPS) is 21.9. The summed E-state index contributed by atoms with van der Waals surface area (Å²) in [7, 11) is 3.33. The largest absolute Gasteiger partial charge is 0.367 e. The van der Waals surface area contributed by atoms with Crippen LogP contribution in [0.3, 0.4) is 0 Å². The average molecular weight is 201 g/mol. The quantitative estimate of drug-likeness (QED) is 0.582. The minimum absolute atomic E-state index is 0.125. The maximum Gasteiger partial charge on any atom is 0.319 e. The fraction of sp³-hybridized carbons (Fsp3) is 0.750. The number of urea groups is 1. The zero-order valence-electron chi connectivity index (χ0n) is 8.40. The molecule has 3 amide bonds. The molecule has 1 aliphatic heterocycles. The number of amides is 3. The van der Waals surface area contributed by atoms with Crippen LogP contribution in [0.2, 0.25) is 0 Å². The highest BCUT2D eigenvalue weighted by Gasteiger charge is 2.28. The summed E-state index contributed by atoms with van der Waals surface area (Å²) in [6, 6.07) is -0.125. The SMILES string of the molecule is CN(C)C(=O)N1CCOC(C(N)=O)C1. The minimum Gasteiger partial charge on any atom is -0.367 e. The number of carbonyl (C=O) groups excluding carboxylic acids is 2. The number of hydrogen-bond donors (Lipinski definition) is 1. The summed E-state index contributed by atoms with van der Waals surface area (Å²) in [6.45, 7) is 1.10. The molecule has 1 heterocycles. The Morgan fingerprint density at radius 1 is 1.50 bits per heavy atom. The lowest BCUT2D eigenvalue weighted by Crippen LogP contribution is -2.52. The van der Waals surface area contributed by atoms with Crippen molar-refractivity contribution in [1.82, 2.24) is 9.80 Å². The number of carbonyl (C=O) groups is 2. The highest BCUT2D eigenvalue weighted by molar-refractivity contribution is 5.81. The molecule has 2 N–H and O–H groups in total. The molecule has 1 unspecified atom stereocenters. The summed E-state index contributed by atoms with van der Waals surface area (Å²) in [5.74, 6) is -0.527. The van der Waals surface area contributed by atoms with Gasteiger partial charge in [0.25, 0.3) is 0 Å². The van der Waals surface area contributed by atoms with Crippen LogP contribution in [-0.4, -0.2) is 61.6 Å². The third-order valence-electron chi connectivity index (χ3n) is 2.04. The van der Waals surface area contributed by atoms with Gasteiger partial charge in [0.1, 0.15) is 0 Å². The Bertz CT molecular complexity index is 242. The van der Waals surface area contributed by atoms with Gasteiger partial charge in [-0.2, -0.15) is 0 Å². The predicted octanol–water partition coefficient (Wildman–Crippen LogP) is -1.15. The molecule has 6 nitrogen and oxygen atoms in total. The van der Waals surface area contributed by atoms with Crippen LogP contribution in [-0.2, 0) is 9.53 Å². The number of nitrogens with zero attached hydrogens (tertiary/aromatic N) is 2. The van der Waals surface area contributed by atoms with Gasteiger partial charge in [0, 0.05) is 20.6 Å². The average Bonchev–Trinajstić information content (AvgIpc) is 2.16. The number of nitrogens with two attached hydrogens (primary N) is 1. The maximum atomic E-state index is 11.5. The van der Waals surface area contributed by atoms with Gasteiger partial charge < -0.3 is 20.3 Å². The predicted molar refractivity (Wildman–Crippen MR) is 49.6 cm³/mol. The summed E-state index contributed by atoms with van der Waals surface area (Å²) in [5, 5.41) is 0. The molecule has 0 saturated carbocycles. The lowest BCUT2D eigenvalue weighted by Gasteiger charge is -2.33. The molecule has 14 heavy (non-hydrogen) atoms. The van der Waals surface area contributed by atoms with Gasteiger partial charge in [-0.05, 0) is 0 Å². The summed E-state index contributed by atoms with van der Waals surface area (Å²) >= 11 is 0. The topological polar surface area (TPSA) is 75.9 Å². The molecule has 0 aromatic rings. The number of hydrogen-bond acceptors (Lipinski definition) is 3. The number of morpholine rings is 1. The number of primary amides is 1. The second-order valence-electron chi connectivity index (χ2n) is 3.38. The van der Waals surface area contributed by atoms with Crippen LogP contribution in [0, 0.1) is 0 Å². The van der Waals surface area contributed by atoms with E-state index in [0.717, 1.165) is 0 Å². The van der Waals surface area contributed by atoms with E-state index in [0.29, 0.717) is 13.2 Å². The summed E-state index contributed by atoms with van der Waals surface area (Å²) in [6.07, 6.45) is -0.673. The summed E-state index contributed by atoms with van der Waals surface area (Å²) in [5.41, 5.74) is 5.09. The van der Waals surface area contributed by atoms with Gasteiger partial charge >= 0.3 is 6.03 Å². The van der Waals surface area contributed by atoms with Crippen LogP contribution in [0.15, 0.2) is 0 Å². The van der Waals surface area contributed by atoms with Crippen molar-refractivity contribution in [1.29, 1.82) is 0 Å². The first kappa shape index (κ1) is 10.8. The summed E-state index contributed by atoms with van der Waals surface area (Å²) < 4.78 is 5.11. The Balaban J connectivity index is 2.56. The van der Waals surface area contributed by atoms with Crippen LogP contribution in [0.25, 0.3) is 0 Å². The van der Waals surface area contributed by atoms with Gasteiger partial charge in [-0.25, -0.2) is 4.79 Å². The van der Waals surface area contributed by atoms with E-state index in [1.165, 1.54) is 4.90 Å². The molecular formula is C8H15N3O3. The molecule has 80 valence electrons. The second kappa shape index (κ2) is 4.28. The maximum absolute atomic E-state index is 11.5. The summed E-state index contributed by atoms with van der Waals surface area (Å²) in [4.78, 5) is 25.4. The second-order valence-corrected chi connectivity index (χ2v) is 3.38. The first-order valence-corrected chi connectivity index (χ1v) is 4.39. The van der Waals surface area contributed by atoms with Crippen molar-refractivity contribution in [2.24, 2.45) is 5.73 Å². The number of ether oxygens (including phenoxy) is 1. The number of rotatable bonds is 1. The van der Waals surface area contributed by atoms with E-state index in [4.69, 9.17) is 10.5 Å². The van der Waals surface area contributed by atoms with E-state index >= 15 is 0 Å². The lowest BCUT2D eigenvalue weighted by atomic mass is 10.2. The van der Waals surface area contributed by atoms with Gasteiger partial charge in [0.15, 0.2) is 6.10 Å². The van der Waals surface area contributed by atoms with E-state index in [9.17, 15) is 9.59 Å². The molecule has 0 spiro atoms. The van der Waals surface area contributed by atoms with E-state index in [2.05, 4.69) is 0 Å². The molecule has 0 aromatic carbocycles. The van der Waals surface area contributed by atoms with Crippen molar-refractivity contribution in [2.75, 3.05) is 33.8 Å². The minimum atomic E-state index is -0.673. The fourth-order valence-corrected chi connectivity index (χ4v) is 1.28. The first-order valence-electron chi connectivity index (χ1n) is 4.39. The Morgan fingerprint density at radius 3 is 2.64 bits per heavy atom. The third kappa shape index (κ3) is 2.35. The molecule has 0 radical (unpaired) electrons. The van der Waals surface area contributed by atoms with E-state index in [-0.39, 0.29) is 12.6 Å². The van der Waals surface area contributed by atoms with E-state index in [1.807, 2.05) is 0 Å². The monoisotopic (exact) mass is 201 g/mol. The van der Waals surface area contributed by atoms with Crippen molar-refractivity contribution in [2.45, 2.75) is 6.10 Å². The Kier molecular flexibility index (Phi) is 3.29. The fourth-order valence-electron chi connectivity index (χ4n) is 1.28. The van der Waals surface area contributed by atoms with Crippen molar-refractivity contribution in [3.8, 4) is 0 Å². The smallest absolute Gasteiger partial charge is 0.319 e. The molecule has 1 aliphatic rings. The zero-order valence-corrected chi connectivity index (χ0v) is 8.40. The van der Waals surface area contributed by atoms with Gasteiger partial charge in [-0.15, -0.1) is 0 Å². The molecule has 0 aromatic heterocycles. The van der Waals surface area contributed by atoms with E-state index < -0.39 is 12.0 Å². The standard InChI is InChI=1S/C8H15N3O3/c1-10(2)8(13)11-3-4-14-6(5-11)7(9)12/h6H,3-5H2,1-2H3,(H2,9,12). The van der Waals surface area contributed by atoms with Gasteiger partial charge in [0.2, 0.25) is 5.91 Å². The molecular weight excluding hydrogens is 186 g/mol. The van der Waals surface area contributed by atoms with Crippen LogP contribution < -0.4 is 5.73 Å². The molecule has 6 heteroatoms. The molecule has 0 aliphatic carbocycles. The molecule has 0 bridgehead atoms. The highest BCUT2D eigenvalue weighted by atomic mass is 16.5. The van der Waals surface area contributed by atoms with Gasteiger partial charge in [-0.3, -0.25) is 4.79 Å². The van der Waals surface area contributed by atoms with Crippen molar-refractivity contribution >= 4 is 11.9 Å². The molecule has 1 fully saturated rings. The van der Waals surface area contributed by atoms with Gasteiger partial charge in [0.05, 0.1) is 13.2 Å². The molecule has 1 rings (SSSR count). The van der Waals surface area contributed by atoms with Crippen LogP contribution in [0.5, 0.6) is 0 Å². The Hall–Kier alpha value is -1.30. The van der Waals surface area contributed by atoms with Crippen molar-refractivity contribution in [3.05, 3.63) is 0 Å². The Morgan fingerprint density at radius 2 is 2.14 bits per heavy atom. The lowest BCUT2D eigenvalue weighted by molar-refractivity contribution is -0.133. The van der Waals surface area contributed by atoms with Crippen molar-refractivity contribution < 1.29 is 14.3 Å². The third-order valence-corrected chi connectivity index (χ3v) is 2.04. The van der Waals surface area contributed by atoms with Crippen molar-refractivity contribution in [3.63, 3.8) is 0 Å². The highest BCUT2D eigenvalue weighted by Crippen LogP contribution is 2.06. The Labute approximate surface area is 82.6 Å². The zero-order chi connectivity index (χ0) is 10.7. The van der Waals surface area contributed by atoms with Gasteiger partial charge in [-0.1, -0.05) is 0 Å².